The van der Waals surface area contributed by atoms with Crippen molar-refractivity contribution in [1.82, 2.24) is 0 Å². The first-order chi connectivity index (χ1) is 11.9. The Morgan fingerprint density at radius 3 is 2.72 bits per heavy atom. The Kier molecular flexibility index (Phi) is 4.81. The van der Waals surface area contributed by atoms with Gasteiger partial charge in [-0.3, -0.25) is 4.79 Å². The number of hydrogen-bond donors (Lipinski definition) is 0. The lowest BCUT2D eigenvalue weighted by Gasteiger charge is -2.22. The molecule has 0 saturated carbocycles. The summed E-state index contributed by atoms with van der Waals surface area (Å²) >= 11 is 0. The van der Waals surface area contributed by atoms with E-state index in [0.717, 1.165) is 17.7 Å². The molecule has 0 N–H and O–H groups in total. The fourth-order valence-electron chi connectivity index (χ4n) is 3.06. The molecule has 25 heavy (non-hydrogen) atoms. The summed E-state index contributed by atoms with van der Waals surface area (Å²) in [5.41, 5.74) is 2.50. The smallest absolute Gasteiger partial charge is 0.245 e. The normalized spacial score (nSPS) is 14.9. The van der Waals surface area contributed by atoms with Gasteiger partial charge in [-0.15, -0.1) is 0 Å². The number of ether oxygens (including phenoxy) is 1. The van der Waals surface area contributed by atoms with Crippen LogP contribution in [0.1, 0.15) is 18.1 Å². The zero-order valence-corrected chi connectivity index (χ0v) is 15.1. The number of nitrogens with zero attached hydrogens (tertiary/aromatic N) is 1. The molecule has 0 saturated heterocycles. The molecule has 0 bridgehead atoms. The van der Waals surface area contributed by atoms with Gasteiger partial charge in [-0.05, 0) is 42.7 Å². The Morgan fingerprint density at radius 2 is 1.96 bits per heavy atom. The molecule has 1 unspecified atom stereocenters. The largest absolute Gasteiger partial charge is 0.497 e. The van der Waals surface area contributed by atoms with Crippen molar-refractivity contribution >= 4 is 21.4 Å². The average molecular weight is 359 g/mol. The summed E-state index contributed by atoms with van der Waals surface area (Å²) in [6.45, 7) is 2.00. The molecule has 1 aliphatic rings. The minimum atomic E-state index is -3.62. The number of benzene rings is 2. The van der Waals surface area contributed by atoms with Crippen LogP contribution in [-0.2, 0) is 26.8 Å². The van der Waals surface area contributed by atoms with Gasteiger partial charge in [-0.25, -0.2) is 8.42 Å². The van der Waals surface area contributed by atoms with Gasteiger partial charge >= 0.3 is 0 Å². The molecule has 0 spiro atoms. The highest BCUT2D eigenvalue weighted by atomic mass is 32.2. The summed E-state index contributed by atoms with van der Waals surface area (Å²) < 4.78 is 30.6. The zero-order valence-electron chi connectivity index (χ0n) is 14.3. The molecule has 0 aromatic heterocycles. The van der Waals surface area contributed by atoms with Gasteiger partial charge in [0, 0.05) is 12.2 Å². The van der Waals surface area contributed by atoms with Crippen molar-refractivity contribution < 1.29 is 17.9 Å². The highest BCUT2D eigenvalue weighted by Gasteiger charge is 2.34. The van der Waals surface area contributed by atoms with Crippen LogP contribution in [0.25, 0.3) is 0 Å². The first-order valence-corrected chi connectivity index (χ1v) is 9.87. The van der Waals surface area contributed by atoms with E-state index in [-0.39, 0.29) is 11.7 Å². The number of rotatable bonds is 5. The van der Waals surface area contributed by atoms with E-state index < -0.39 is 15.1 Å². The minimum absolute atomic E-state index is 0.188. The van der Waals surface area contributed by atoms with E-state index in [1.807, 2.05) is 24.3 Å². The maximum Gasteiger partial charge on any atom is 0.245 e. The Hall–Kier alpha value is -2.34. The molecule has 6 heteroatoms. The quantitative estimate of drug-likeness (QED) is 0.823. The van der Waals surface area contributed by atoms with Gasteiger partial charge in [0.05, 0.1) is 12.9 Å². The Bertz CT molecular complexity index is 892. The molecule has 2 aromatic carbocycles. The summed E-state index contributed by atoms with van der Waals surface area (Å²) in [7, 11) is -2.09. The summed E-state index contributed by atoms with van der Waals surface area (Å²) in [4.78, 5) is 14.4. The predicted octanol–water partition coefficient (Wildman–Crippen LogP) is 2.59. The number of sulfone groups is 1. The van der Waals surface area contributed by atoms with Gasteiger partial charge in [0.15, 0.2) is 9.84 Å². The number of anilines is 1. The number of methoxy groups -OCH3 is 1. The lowest BCUT2D eigenvalue weighted by Crippen LogP contribution is -2.41. The van der Waals surface area contributed by atoms with Crippen molar-refractivity contribution in [3.05, 3.63) is 59.7 Å². The fraction of sp³-hybridized carbons (Fsp3) is 0.316. The van der Waals surface area contributed by atoms with E-state index in [1.54, 1.807) is 29.2 Å². The Morgan fingerprint density at radius 1 is 1.20 bits per heavy atom. The lowest BCUT2D eigenvalue weighted by molar-refractivity contribution is -0.117. The molecule has 2 aromatic rings. The first kappa shape index (κ1) is 17.5. The maximum absolute atomic E-state index is 12.8. The standard InChI is InChI=1S/C19H21NO4S/c1-14(19(21)20-11-10-16-7-3-4-9-18(16)20)25(22,23)13-15-6-5-8-17(12-15)24-2/h3-9,12,14H,10-11,13H2,1-2H3. The molecule has 1 heterocycles. The van der Waals surface area contributed by atoms with E-state index >= 15 is 0 Å². The second kappa shape index (κ2) is 6.88. The van der Waals surface area contributed by atoms with E-state index in [4.69, 9.17) is 4.74 Å². The van der Waals surface area contributed by atoms with Crippen molar-refractivity contribution in [2.24, 2.45) is 0 Å². The van der Waals surface area contributed by atoms with E-state index in [1.165, 1.54) is 14.0 Å². The summed E-state index contributed by atoms with van der Waals surface area (Å²) in [5, 5.41) is -1.09. The van der Waals surface area contributed by atoms with Crippen LogP contribution in [0.3, 0.4) is 0 Å². The molecule has 132 valence electrons. The van der Waals surface area contributed by atoms with Crippen LogP contribution in [0, 0.1) is 0 Å². The first-order valence-electron chi connectivity index (χ1n) is 8.16. The molecule has 1 amide bonds. The fourth-order valence-corrected chi connectivity index (χ4v) is 4.39. The van der Waals surface area contributed by atoms with Crippen molar-refractivity contribution in [3.63, 3.8) is 0 Å². The topological polar surface area (TPSA) is 63.7 Å². The van der Waals surface area contributed by atoms with Crippen LogP contribution in [-0.4, -0.2) is 33.2 Å². The SMILES string of the molecule is COc1cccc(CS(=O)(=O)C(C)C(=O)N2CCc3ccccc32)c1. The summed E-state index contributed by atoms with van der Waals surface area (Å²) in [5.74, 6) is 0.0417. The monoisotopic (exact) mass is 359 g/mol. The Labute approximate surface area is 148 Å². The minimum Gasteiger partial charge on any atom is -0.497 e. The third-order valence-corrected chi connectivity index (χ3v) is 6.56. The van der Waals surface area contributed by atoms with Crippen LogP contribution in [0.15, 0.2) is 48.5 Å². The number of hydrogen-bond acceptors (Lipinski definition) is 4. The van der Waals surface area contributed by atoms with Gasteiger partial charge in [-0.2, -0.15) is 0 Å². The van der Waals surface area contributed by atoms with E-state index in [2.05, 4.69) is 0 Å². The number of carbonyl (C=O) groups is 1. The van der Waals surface area contributed by atoms with Crippen LogP contribution in [0.5, 0.6) is 5.75 Å². The molecular formula is C19H21NO4S. The molecular weight excluding hydrogens is 338 g/mol. The maximum atomic E-state index is 12.8. The third kappa shape index (κ3) is 3.54. The molecule has 0 radical (unpaired) electrons. The molecule has 1 aliphatic heterocycles. The summed E-state index contributed by atoms with van der Waals surface area (Å²) in [6.07, 6.45) is 0.755. The number of carbonyl (C=O) groups excluding carboxylic acids is 1. The third-order valence-electron chi connectivity index (χ3n) is 4.54. The Balaban J connectivity index is 1.79. The van der Waals surface area contributed by atoms with Crippen molar-refractivity contribution in [3.8, 4) is 5.75 Å². The van der Waals surface area contributed by atoms with Crippen molar-refractivity contribution in [2.45, 2.75) is 24.3 Å². The highest BCUT2D eigenvalue weighted by molar-refractivity contribution is 7.92. The van der Waals surface area contributed by atoms with Crippen LogP contribution < -0.4 is 9.64 Å². The van der Waals surface area contributed by atoms with E-state index in [0.29, 0.717) is 17.9 Å². The predicted molar refractivity (Wildman–Crippen MR) is 97.6 cm³/mol. The molecule has 0 fully saturated rings. The van der Waals surface area contributed by atoms with Crippen molar-refractivity contribution in [1.29, 1.82) is 0 Å². The number of para-hydroxylation sites is 1. The molecule has 3 rings (SSSR count). The van der Waals surface area contributed by atoms with Crippen LogP contribution >= 0.6 is 0 Å². The van der Waals surface area contributed by atoms with Gasteiger partial charge in [0.1, 0.15) is 11.0 Å². The highest BCUT2D eigenvalue weighted by Crippen LogP contribution is 2.29. The van der Waals surface area contributed by atoms with Crippen molar-refractivity contribution in [2.75, 3.05) is 18.6 Å². The molecule has 0 aliphatic carbocycles. The zero-order chi connectivity index (χ0) is 18.0. The average Bonchev–Trinajstić information content (AvgIpc) is 3.04. The van der Waals surface area contributed by atoms with E-state index in [9.17, 15) is 13.2 Å². The second-order valence-electron chi connectivity index (χ2n) is 6.17. The summed E-state index contributed by atoms with van der Waals surface area (Å²) in [6, 6.07) is 14.5. The number of fused-ring (bicyclic) bond motifs is 1. The number of amides is 1. The van der Waals surface area contributed by atoms with Crippen LogP contribution in [0.2, 0.25) is 0 Å². The molecule has 1 atom stereocenters. The van der Waals surface area contributed by atoms with Crippen LogP contribution in [0.4, 0.5) is 5.69 Å². The molecule has 5 nitrogen and oxygen atoms in total. The van der Waals surface area contributed by atoms with Gasteiger partial charge in [0.2, 0.25) is 5.91 Å². The lowest BCUT2D eigenvalue weighted by atomic mass is 10.2. The van der Waals surface area contributed by atoms with Gasteiger partial charge in [-0.1, -0.05) is 30.3 Å². The van der Waals surface area contributed by atoms with Gasteiger partial charge in [0.25, 0.3) is 0 Å². The van der Waals surface area contributed by atoms with Gasteiger partial charge < -0.3 is 9.64 Å². The second-order valence-corrected chi connectivity index (χ2v) is 8.49.